The largest absolute Gasteiger partial charge is 0.391 e. The average molecular weight is 162 g/mol. The quantitative estimate of drug-likeness (QED) is 0.443. The minimum Gasteiger partial charge on any atom is -0.391 e. The number of rotatable bonds is 6. The Bertz CT molecular complexity index is 94.1. The number of hydrogen-bond acceptors (Lipinski definition) is 2. The van der Waals surface area contributed by atoms with Crippen LogP contribution < -0.4 is 0 Å². The van der Waals surface area contributed by atoms with Crippen molar-refractivity contribution in [2.24, 2.45) is 0 Å². The fraction of sp³-hybridized carbons (Fsp3) is 1.00. The standard InChI is InChI=1S/C8H20NO2/c1-4-11-8-6-9(2,3)5-7-10/h10H,4-8H2,1-3H3/q+1. The molecule has 0 fully saturated rings. The Labute approximate surface area is 69.2 Å². The molecule has 0 saturated carbocycles. The van der Waals surface area contributed by atoms with E-state index in [1.54, 1.807) is 0 Å². The minimum absolute atomic E-state index is 0.249. The number of ether oxygens (including phenoxy) is 1. The first kappa shape index (κ1) is 10.9. The molecule has 11 heavy (non-hydrogen) atoms. The second kappa shape index (κ2) is 5.52. The molecule has 0 radical (unpaired) electrons. The first-order valence-electron chi connectivity index (χ1n) is 4.13. The van der Waals surface area contributed by atoms with E-state index < -0.39 is 0 Å². The third-order valence-corrected chi connectivity index (χ3v) is 1.75. The van der Waals surface area contributed by atoms with Crippen molar-refractivity contribution in [3.8, 4) is 0 Å². The van der Waals surface area contributed by atoms with Gasteiger partial charge < -0.3 is 14.3 Å². The van der Waals surface area contributed by atoms with Crippen molar-refractivity contribution in [1.29, 1.82) is 0 Å². The molecule has 0 unspecified atom stereocenters. The lowest BCUT2D eigenvalue weighted by molar-refractivity contribution is -0.891. The third kappa shape index (κ3) is 6.28. The number of aliphatic hydroxyl groups is 1. The summed E-state index contributed by atoms with van der Waals surface area (Å²) in [5, 5.41) is 8.70. The Kier molecular flexibility index (Phi) is 5.46. The van der Waals surface area contributed by atoms with Crippen LogP contribution >= 0.6 is 0 Å². The zero-order chi connectivity index (χ0) is 8.74. The summed E-state index contributed by atoms with van der Waals surface area (Å²) in [6.07, 6.45) is 0. The normalized spacial score (nSPS) is 12.0. The fourth-order valence-corrected chi connectivity index (χ4v) is 0.839. The molecular formula is C8H20NO2+. The van der Waals surface area contributed by atoms with Gasteiger partial charge in [0.05, 0.1) is 27.3 Å². The molecule has 3 heteroatoms. The Balaban J connectivity index is 3.38. The smallest absolute Gasteiger partial charge is 0.102 e. The van der Waals surface area contributed by atoms with Crippen molar-refractivity contribution in [3.05, 3.63) is 0 Å². The van der Waals surface area contributed by atoms with Crippen molar-refractivity contribution >= 4 is 0 Å². The van der Waals surface area contributed by atoms with Gasteiger partial charge in [0.2, 0.25) is 0 Å². The molecule has 0 heterocycles. The summed E-state index contributed by atoms with van der Waals surface area (Å²) < 4.78 is 6.05. The van der Waals surface area contributed by atoms with Crippen molar-refractivity contribution in [3.63, 3.8) is 0 Å². The van der Waals surface area contributed by atoms with E-state index in [1.807, 2.05) is 6.92 Å². The predicted octanol–water partition coefficient (Wildman–Crippen LogP) is 0.0916. The van der Waals surface area contributed by atoms with E-state index in [1.165, 1.54) is 0 Å². The second-order valence-electron chi connectivity index (χ2n) is 3.30. The lowest BCUT2D eigenvalue weighted by atomic mass is 10.4. The van der Waals surface area contributed by atoms with Crippen LogP contribution in [0.2, 0.25) is 0 Å². The lowest BCUT2D eigenvalue weighted by Crippen LogP contribution is -2.44. The van der Waals surface area contributed by atoms with E-state index in [0.717, 1.165) is 30.8 Å². The third-order valence-electron chi connectivity index (χ3n) is 1.75. The van der Waals surface area contributed by atoms with Gasteiger partial charge in [0.1, 0.15) is 13.1 Å². The predicted molar refractivity (Wildman–Crippen MR) is 45.4 cm³/mol. The highest BCUT2D eigenvalue weighted by molar-refractivity contribution is 4.32. The Morgan fingerprint density at radius 3 is 2.36 bits per heavy atom. The van der Waals surface area contributed by atoms with E-state index in [0.29, 0.717) is 0 Å². The first-order chi connectivity index (χ1) is 5.12. The maximum Gasteiger partial charge on any atom is 0.102 e. The molecule has 0 spiro atoms. The van der Waals surface area contributed by atoms with E-state index in [4.69, 9.17) is 9.84 Å². The van der Waals surface area contributed by atoms with Gasteiger partial charge in [0.15, 0.2) is 0 Å². The maximum absolute atomic E-state index is 8.70. The molecule has 0 bridgehead atoms. The Morgan fingerprint density at radius 1 is 1.27 bits per heavy atom. The summed E-state index contributed by atoms with van der Waals surface area (Å²) in [5.74, 6) is 0. The number of nitrogens with zero attached hydrogens (tertiary/aromatic N) is 1. The Hall–Kier alpha value is -0.120. The molecule has 0 aliphatic heterocycles. The summed E-state index contributed by atoms with van der Waals surface area (Å²) >= 11 is 0. The monoisotopic (exact) mass is 162 g/mol. The molecule has 0 aliphatic carbocycles. The van der Waals surface area contributed by atoms with Gasteiger partial charge in [0, 0.05) is 6.61 Å². The SMILES string of the molecule is CCOCC[N+](C)(C)CCO. The van der Waals surface area contributed by atoms with Crippen molar-refractivity contribution < 1.29 is 14.3 Å². The van der Waals surface area contributed by atoms with Crippen LogP contribution in [0.3, 0.4) is 0 Å². The van der Waals surface area contributed by atoms with Crippen molar-refractivity contribution in [1.82, 2.24) is 0 Å². The summed E-state index contributed by atoms with van der Waals surface area (Å²) in [6, 6.07) is 0. The zero-order valence-corrected chi connectivity index (χ0v) is 7.84. The highest BCUT2D eigenvalue weighted by Crippen LogP contribution is 1.94. The van der Waals surface area contributed by atoms with Gasteiger partial charge in [-0.1, -0.05) is 0 Å². The van der Waals surface area contributed by atoms with Gasteiger partial charge in [-0.15, -0.1) is 0 Å². The van der Waals surface area contributed by atoms with Crippen LogP contribution in [0.4, 0.5) is 0 Å². The van der Waals surface area contributed by atoms with Crippen LogP contribution in [0.25, 0.3) is 0 Å². The molecule has 0 aromatic rings. The first-order valence-corrected chi connectivity index (χ1v) is 4.13. The molecule has 0 aromatic heterocycles. The summed E-state index contributed by atoms with van der Waals surface area (Å²) in [7, 11) is 4.18. The molecule has 0 aromatic carbocycles. The Morgan fingerprint density at radius 2 is 1.91 bits per heavy atom. The van der Waals surface area contributed by atoms with E-state index in [9.17, 15) is 0 Å². The molecule has 0 aliphatic rings. The topological polar surface area (TPSA) is 29.5 Å². The number of hydrogen-bond donors (Lipinski definition) is 1. The highest BCUT2D eigenvalue weighted by Gasteiger charge is 2.12. The zero-order valence-electron chi connectivity index (χ0n) is 7.84. The average Bonchev–Trinajstić information content (AvgIpc) is 1.87. The van der Waals surface area contributed by atoms with Crippen LogP contribution in [0.5, 0.6) is 0 Å². The summed E-state index contributed by atoms with van der Waals surface area (Å²) in [4.78, 5) is 0. The number of aliphatic hydroxyl groups excluding tert-OH is 1. The van der Waals surface area contributed by atoms with Crippen LogP contribution in [0, 0.1) is 0 Å². The molecule has 0 amide bonds. The van der Waals surface area contributed by atoms with Gasteiger partial charge in [-0.25, -0.2) is 0 Å². The molecule has 0 atom stereocenters. The summed E-state index contributed by atoms with van der Waals surface area (Å²) in [5.41, 5.74) is 0. The number of quaternary nitrogens is 1. The lowest BCUT2D eigenvalue weighted by Gasteiger charge is -2.28. The fourth-order valence-electron chi connectivity index (χ4n) is 0.839. The highest BCUT2D eigenvalue weighted by atomic mass is 16.5. The van der Waals surface area contributed by atoms with Crippen LogP contribution in [0.15, 0.2) is 0 Å². The second-order valence-corrected chi connectivity index (χ2v) is 3.30. The van der Waals surface area contributed by atoms with Crippen molar-refractivity contribution in [2.45, 2.75) is 6.92 Å². The van der Waals surface area contributed by atoms with Gasteiger partial charge >= 0.3 is 0 Å². The minimum atomic E-state index is 0.249. The van der Waals surface area contributed by atoms with E-state index >= 15 is 0 Å². The van der Waals surface area contributed by atoms with Crippen LogP contribution in [-0.4, -0.2) is 56.6 Å². The van der Waals surface area contributed by atoms with Gasteiger partial charge in [-0.05, 0) is 6.92 Å². The molecule has 0 rings (SSSR count). The molecule has 1 N–H and O–H groups in total. The van der Waals surface area contributed by atoms with E-state index in [-0.39, 0.29) is 6.61 Å². The van der Waals surface area contributed by atoms with E-state index in [2.05, 4.69) is 14.1 Å². The van der Waals surface area contributed by atoms with Gasteiger partial charge in [-0.2, -0.15) is 0 Å². The van der Waals surface area contributed by atoms with Gasteiger partial charge in [0.25, 0.3) is 0 Å². The van der Waals surface area contributed by atoms with Crippen LogP contribution in [0.1, 0.15) is 6.92 Å². The van der Waals surface area contributed by atoms with Crippen molar-refractivity contribution in [2.75, 3.05) is 47.0 Å². The number of likely N-dealkylation sites (N-methyl/N-ethyl adjacent to an activating group) is 1. The molecule has 0 saturated heterocycles. The summed E-state index contributed by atoms with van der Waals surface area (Å²) in [6.45, 7) is 5.56. The van der Waals surface area contributed by atoms with Gasteiger partial charge in [-0.3, -0.25) is 0 Å². The van der Waals surface area contributed by atoms with Crippen LogP contribution in [-0.2, 0) is 4.74 Å². The molecule has 3 nitrogen and oxygen atoms in total. The molecule has 68 valence electrons. The maximum atomic E-state index is 8.70. The molecular weight excluding hydrogens is 142 g/mol.